The number of rotatable bonds is 4. The second-order valence-electron chi connectivity index (χ2n) is 4.46. The van der Waals surface area contributed by atoms with Crippen molar-refractivity contribution in [2.75, 3.05) is 0 Å². The van der Waals surface area contributed by atoms with Crippen molar-refractivity contribution >= 4 is 17.6 Å². The number of nitriles is 1. The topological polar surface area (TPSA) is 49.0 Å². The van der Waals surface area contributed by atoms with Crippen LogP contribution >= 0.6 is 11.3 Å². The van der Waals surface area contributed by atoms with Gasteiger partial charge in [0.15, 0.2) is 0 Å². The van der Waals surface area contributed by atoms with Crippen molar-refractivity contribution in [2.24, 2.45) is 4.99 Å². The molecule has 2 atom stereocenters. The minimum absolute atomic E-state index is 0.118. The molecular weight excluding hydrogens is 273 g/mol. The van der Waals surface area contributed by atoms with Gasteiger partial charge in [-0.05, 0) is 31.5 Å². The summed E-state index contributed by atoms with van der Waals surface area (Å²) in [7, 11) is 0. The number of aromatic nitrogens is 1. The number of aryl methyl sites for hydroxylation is 1. The molecule has 2 rings (SSSR count). The first-order valence-electron chi connectivity index (χ1n) is 6.20. The summed E-state index contributed by atoms with van der Waals surface area (Å²) in [6.07, 6.45) is 1.62. The molecule has 20 heavy (non-hydrogen) atoms. The van der Waals surface area contributed by atoms with Crippen LogP contribution in [0.25, 0.3) is 0 Å². The van der Waals surface area contributed by atoms with E-state index in [1.54, 1.807) is 18.3 Å². The smallest absolute Gasteiger partial charge is 0.133 e. The molecule has 0 N–H and O–H groups in total. The zero-order valence-corrected chi connectivity index (χ0v) is 12.1. The number of hydrogen-bond acceptors (Lipinski definition) is 4. The normalized spacial score (nSPS) is 14.1. The number of aliphatic imine (C=N–C) groups is 1. The molecule has 1 heterocycles. The number of hydrogen-bond donors (Lipinski definition) is 0. The Morgan fingerprint density at radius 3 is 2.65 bits per heavy atom. The zero-order chi connectivity index (χ0) is 14.5. The SMILES string of the molecule is Cc1csc([C@H](C#N)C=N[C@H](C)c2ccc(F)cc2)n1. The molecule has 0 amide bonds. The van der Waals surface area contributed by atoms with Gasteiger partial charge < -0.3 is 0 Å². The largest absolute Gasteiger partial charge is 0.288 e. The molecule has 0 fully saturated rings. The van der Waals surface area contributed by atoms with Gasteiger partial charge in [-0.2, -0.15) is 5.26 Å². The molecule has 0 unspecified atom stereocenters. The first-order valence-corrected chi connectivity index (χ1v) is 7.08. The van der Waals surface area contributed by atoms with E-state index in [1.165, 1.54) is 23.5 Å². The average molecular weight is 287 g/mol. The van der Waals surface area contributed by atoms with Gasteiger partial charge in [-0.1, -0.05) is 12.1 Å². The lowest BCUT2D eigenvalue weighted by molar-refractivity contribution is 0.626. The molecule has 1 aromatic carbocycles. The Hall–Kier alpha value is -2.06. The maximum atomic E-state index is 12.9. The number of thiazole rings is 1. The molecule has 2 aromatic rings. The molecule has 0 aliphatic carbocycles. The van der Waals surface area contributed by atoms with Gasteiger partial charge in [0.2, 0.25) is 0 Å². The lowest BCUT2D eigenvalue weighted by atomic mass is 10.1. The third-order valence-corrected chi connectivity index (χ3v) is 3.90. The van der Waals surface area contributed by atoms with Crippen LogP contribution in [0.1, 0.15) is 35.1 Å². The number of halogens is 1. The fraction of sp³-hybridized carbons (Fsp3) is 0.267. The van der Waals surface area contributed by atoms with Crippen molar-refractivity contribution < 1.29 is 4.39 Å². The van der Waals surface area contributed by atoms with Crippen LogP contribution in [0.4, 0.5) is 4.39 Å². The van der Waals surface area contributed by atoms with Gasteiger partial charge in [0.05, 0.1) is 12.1 Å². The van der Waals surface area contributed by atoms with Crippen molar-refractivity contribution in [3.63, 3.8) is 0 Å². The Morgan fingerprint density at radius 1 is 1.40 bits per heavy atom. The summed E-state index contributed by atoms with van der Waals surface area (Å²) in [6.45, 7) is 3.80. The van der Waals surface area contributed by atoms with E-state index in [-0.39, 0.29) is 11.9 Å². The summed E-state index contributed by atoms with van der Waals surface area (Å²) in [4.78, 5) is 8.68. The van der Waals surface area contributed by atoms with Crippen LogP contribution in [-0.4, -0.2) is 11.2 Å². The van der Waals surface area contributed by atoms with Crippen LogP contribution in [0.2, 0.25) is 0 Å². The lowest BCUT2D eigenvalue weighted by Crippen LogP contribution is -1.99. The van der Waals surface area contributed by atoms with Gasteiger partial charge in [0.1, 0.15) is 16.7 Å². The Morgan fingerprint density at radius 2 is 2.10 bits per heavy atom. The van der Waals surface area contributed by atoms with E-state index >= 15 is 0 Å². The molecule has 5 heteroatoms. The summed E-state index contributed by atoms with van der Waals surface area (Å²) in [5, 5.41) is 11.8. The molecule has 102 valence electrons. The van der Waals surface area contributed by atoms with E-state index in [4.69, 9.17) is 0 Å². The maximum absolute atomic E-state index is 12.9. The molecule has 0 spiro atoms. The van der Waals surface area contributed by atoms with Gasteiger partial charge in [0.25, 0.3) is 0 Å². The molecule has 0 radical (unpaired) electrons. The van der Waals surface area contributed by atoms with Gasteiger partial charge in [0, 0.05) is 17.3 Å². The first kappa shape index (κ1) is 14.4. The second kappa shape index (κ2) is 6.40. The standard InChI is InChI=1S/C15H14FN3S/c1-10-9-20-15(19-10)13(7-17)8-18-11(2)12-3-5-14(16)6-4-12/h3-6,8-9,11,13H,1-2H3/t11-,13-/m1/s1. The van der Waals surface area contributed by atoms with E-state index < -0.39 is 5.92 Å². The highest BCUT2D eigenvalue weighted by atomic mass is 32.1. The molecule has 0 aliphatic rings. The minimum Gasteiger partial charge on any atom is -0.288 e. The molecular formula is C15H14FN3S. The van der Waals surface area contributed by atoms with E-state index in [0.29, 0.717) is 0 Å². The Bertz CT molecular complexity index is 640. The predicted molar refractivity (Wildman–Crippen MR) is 78.5 cm³/mol. The van der Waals surface area contributed by atoms with E-state index in [2.05, 4.69) is 16.0 Å². The summed E-state index contributed by atoms with van der Waals surface area (Å²) < 4.78 is 12.9. The second-order valence-corrected chi connectivity index (χ2v) is 5.35. The van der Waals surface area contributed by atoms with E-state index in [0.717, 1.165) is 16.3 Å². The Balaban J connectivity index is 2.11. The number of nitrogens with zero attached hydrogens (tertiary/aromatic N) is 3. The van der Waals surface area contributed by atoms with Crippen molar-refractivity contribution in [1.29, 1.82) is 5.26 Å². The van der Waals surface area contributed by atoms with Gasteiger partial charge >= 0.3 is 0 Å². The van der Waals surface area contributed by atoms with E-state index in [9.17, 15) is 9.65 Å². The zero-order valence-electron chi connectivity index (χ0n) is 11.2. The quantitative estimate of drug-likeness (QED) is 0.797. The molecule has 1 aromatic heterocycles. The third kappa shape index (κ3) is 3.49. The van der Waals surface area contributed by atoms with Crippen LogP contribution in [0, 0.1) is 24.1 Å². The predicted octanol–water partition coefficient (Wildman–Crippen LogP) is 4.03. The van der Waals surface area contributed by atoms with Gasteiger partial charge in [-0.15, -0.1) is 11.3 Å². The molecule has 3 nitrogen and oxygen atoms in total. The van der Waals surface area contributed by atoms with Crippen LogP contribution in [0.3, 0.4) is 0 Å². The highest BCUT2D eigenvalue weighted by Crippen LogP contribution is 2.21. The van der Waals surface area contributed by atoms with E-state index in [1.807, 2.05) is 19.2 Å². The summed E-state index contributed by atoms with van der Waals surface area (Å²) in [5.74, 6) is -0.699. The summed E-state index contributed by atoms with van der Waals surface area (Å²) >= 11 is 1.46. The van der Waals surface area contributed by atoms with Crippen molar-refractivity contribution in [1.82, 2.24) is 4.98 Å². The first-order chi connectivity index (χ1) is 9.60. The van der Waals surface area contributed by atoms with Gasteiger partial charge in [-0.3, -0.25) is 4.99 Å². The number of benzene rings is 1. The minimum atomic E-state index is -0.434. The molecule has 0 bridgehead atoms. The Kier molecular flexibility index (Phi) is 4.59. The lowest BCUT2D eigenvalue weighted by Gasteiger charge is -2.07. The monoisotopic (exact) mass is 287 g/mol. The Labute approximate surface area is 121 Å². The molecule has 0 saturated carbocycles. The van der Waals surface area contributed by atoms with Crippen LogP contribution in [0.15, 0.2) is 34.6 Å². The summed E-state index contributed by atoms with van der Waals surface area (Å²) in [6, 6.07) is 8.29. The van der Waals surface area contributed by atoms with Crippen molar-refractivity contribution in [2.45, 2.75) is 25.8 Å². The fourth-order valence-corrected chi connectivity index (χ4v) is 2.51. The van der Waals surface area contributed by atoms with Crippen LogP contribution < -0.4 is 0 Å². The summed E-state index contributed by atoms with van der Waals surface area (Å²) in [5.41, 5.74) is 1.82. The van der Waals surface area contributed by atoms with Crippen molar-refractivity contribution in [3.05, 3.63) is 51.7 Å². The molecule has 0 saturated heterocycles. The third-order valence-electron chi connectivity index (χ3n) is 2.85. The maximum Gasteiger partial charge on any atom is 0.133 e. The van der Waals surface area contributed by atoms with Crippen molar-refractivity contribution in [3.8, 4) is 6.07 Å². The van der Waals surface area contributed by atoms with Crippen LogP contribution in [0.5, 0.6) is 0 Å². The average Bonchev–Trinajstić information content (AvgIpc) is 2.86. The fourth-order valence-electron chi connectivity index (χ4n) is 1.71. The van der Waals surface area contributed by atoms with Crippen LogP contribution in [-0.2, 0) is 0 Å². The highest BCUT2D eigenvalue weighted by Gasteiger charge is 2.12. The highest BCUT2D eigenvalue weighted by molar-refractivity contribution is 7.09. The molecule has 0 aliphatic heterocycles. The van der Waals surface area contributed by atoms with Gasteiger partial charge in [-0.25, -0.2) is 9.37 Å².